The van der Waals surface area contributed by atoms with E-state index >= 15 is 0 Å². The molecule has 0 spiro atoms. The molecule has 0 amide bonds. The first-order valence-corrected chi connectivity index (χ1v) is 3.06. The lowest BCUT2D eigenvalue weighted by atomic mass is 10.4. The predicted octanol–water partition coefficient (Wildman–Crippen LogP) is 1.21. The van der Waals surface area contributed by atoms with Gasteiger partial charge in [-0.1, -0.05) is 24.3 Å². The number of hydrogen-bond donors (Lipinski definition) is 0. The van der Waals surface area contributed by atoms with Crippen molar-refractivity contribution >= 4 is 5.97 Å². The summed E-state index contributed by atoms with van der Waals surface area (Å²) in [5.74, 6) is -0.295. The van der Waals surface area contributed by atoms with E-state index in [0.717, 1.165) is 0 Å². The number of esters is 1. The molecule has 1 rings (SSSR count). The first kappa shape index (κ1) is 6.81. The molecule has 1 aliphatic heterocycles. The lowest BCUT2D eigenvalue weighted by Gasteiger charge is -1.93. The van der Waals surface area contributed by atoms with Gasteiger partial charge in [-0.25, -0.2) is 4.79 Å². The topological polar surface area (TPSA) is 26.3 Å². The van der Waals surface area contributed by atoms with Crippen molar-refractivity contribution in [3.8, 4) is 0 Å². The van der Waals surface area contributed by atoms with Gasteiger partial charge in [0.2, 0.25) is 0 Å². The zero-order chi connectivity index (χ0) is 7.23. The monoisotopic (exact) mass is 136 g/mol. The van der Waals surface area contributed by atoms with Crippen LogP contribution >= 0.6 is 0 Å². The molecule has 0 aliphatic carbocycles. The molecule has 1 aliphatic rings. The SMILES string of the molecule is O=C1C=CC=CC=CCO1. The summed E-state index contributed by atoms with van der Waals surface area (Å²) >= 11 is 0. The number of allylic oxidation sites excluding steroid dienone is 4. The second-order valence-electron chi connectivity index (χ2n) is 1.80. The molecule has 0 atom stereocenters. The summed E-state index contributed by atoms with van der Waals surface area (Å²) in [5, 5.41) is 0. The van der Waals surface area contributed by atoms with E-state index in [0.29, 0.717) is 6.61 Å². The van der Waals surface area contributed by atoms with Gasteiger partial charge in [-0.3, -0.25) is 0 Å². The Labute approximate surface area is 59.5 Å². The van der Waals surface area contributed by atoms with Gasteiger partial charge in [0.1, 0.15) is 6.61 Å². The van der Waals surface area contributed by atoms with Gasteiger partial charge in [-0.15, -0.1) is 0 Å². The van der Waals surface area contributed by atoms with Crippen LogP contribution in [0.25, 0.3) is 0 Å². The molecule has 0 saturated carbocycles. The summed E-state index contributed by atoms with van der Waals surface area (Å²) in [5.41, 5.74) is 0. The minimum Gasteiger partial charge on any atom is -0.458 e. The van der Waals surface area contributed by atoms with Crippen molar-refractivity contribution in [2.75, 3.05) is 6.61 Å². The van der Waals surface area contributed by atoms with Crippen molar-refractivity contribution in [2.45, 2.75) is 0 Å². The number of cyclic esters (lactones) is 1. The number of carbonyl (C=O) groups excluding carboxylic acids is 1. The highest BCUT2D eigenvalue weighted by atomic mass is 16.5. The summed E-state index contributed by atoms with van der Waals surface area (Å²) in [6.45, 7) is 0.355. The summed E-state index contributed by atoms with van der Waals surface area (Å²) in [6, 6.07) is 0. The Bertz CT molecular complexity index is 199. The molecule has 0 aromatic rings. The maximum absolute atomic E-state index is 10.6. The molecule has 1 heterocycles. The fourth-order valence-corrected chi connectivity index (χ4v) is 0.575. The average Bonchev–Trinajstić information content (AvgIpc) is 2.02. The van der Waals surface area contributed by atoms with Gasteiger partial charge in [0.25, 0.3) is 0 Å². The molecular weight excluding hydrogens is 128 g/mol. The second kappa shape index (κ2) is 3.67. The third kappa shape index (κ3) is 2.31. The second-order valence-corrected chi connectivity index (χ2v) is 1.80. The average molecular weight is 136 g/mol. The van der Waals surface area contributed by atoms with Gasteiger partial charge in [0.15, 0.2) is 0 Å². The highest BCUT2D eigenvalue weighted by Crippen LogP contribution is 1.88. The van der Waals surface area contributed by atoms with Crippen LogP contribution in [-0.2, 0) is 9.53 Å². The van der Waals surface area contributed by atoms with Crippen LogP contribution in [0.1, 0.15) is 0 Å². The third-order valence-electron chi connectivity index (χ3n) is 1.02. The van der Waals surface area contributed by atoms with Crippen LogP contribution in [-0.4, -0.2) is 12.6 Å². The Balaban J connectivity index is 2.62. The first-order chi connectivity index (χ1) is 4.89. The van der Waals surface area contributed by atoms with Crippen LogP contribution < -0.4 is 0 Å². The smallest absolute Gasteiger partial charge is 0.331 e. The van der Waals surface area contributed by atoms with Gasteiger partial charge >= 0.3 is 5.97 Å². The van der Waals surface area contributed by atoms with Crippen molar-refractivity contribution < 1.29 is 9.53 Å². The van der Waals surface area contributed by atoms with Crippen LogP contribution in [0.5, 0.6) is 0 Å². The molecule has 2 heteroatoms. The van der Waals surface area contributed by atoms with Gasteiger partial charge < -0.3 is 4.74 Å². The van der Waals surface area contributed by atoms with E-state index in [2.05, 4.69) is 0 Å². The van der Waals surface area contributed by atoms with E-state index in [9.17, 15) is 4.79 Å². The largest absolute Gasteiger partial charge is 0.458 e. The standard InChI is InChI=1S/C8H8O2/c9-8-6-4-2-1-3-5-7-10-8/h1-6H,7H2. The molecule has 0 saturated heterocycles. The molecule has 52 valence electrons. The van der Waals surface area contributed by atoms with E-state index in [-0.39, 0.29) is 5.97 Å². The summed E-state index contributed by atoms with van der Waals surface area (Å²) in [4.78, 5) is 10.6. The van der Waals surface area contributed by atoms with Gasteiger partial charge in [0, 0.05) is 6.08 Å². The maximum atomic E-state index is 10.6. The van der Waals surface area contributed by atoms with Crippen LogP contribution in [0.4, 0.5) is 0 Å². The maximum Gasteiger partial charge on any atom is 0.331 e. The molecule has 0 bridgehead atoms. The Hall–Kier alpha value is -1.31. The van der Waals surface area contributed by atoms with Crippen LogP contribution in [0, 0.1) is 0 Å². The molecule has 0 fully saturated rings. The summed E-state index contributed by atoms with van der Waals surface area (Å²) < 4.78 is 4.71. The Morgan fingerprint density at radius 2 is 2.00 bits per heavy atom. The zero-order valence-corrected chi connectivity index (χ0v) is 5.49. The van der Waals surface area contributed by atoms with Crippen molar-refractivity contribution in [3.05, 3.63) is 36.5 Å². The number of carbonyl (C=O) groups is 1. The lowest BCUT2D eigenvalue weighted by Crippen LogP contribution is -1.99. The molecule has 0 aromatic carbocycles. The number of rotatable bonds is 0. The normalized spacial score (nSPS) is 17.4. The molecule has 0 radical (unpaired) electrons. The van der Waals surface area contributed by atoms with E-state index in [1.54, 1.807) is 18.2 Å². The van der Waals surface area contributed by atoms with Crippen LogP contribution in [0.2, 0.25) is 0 Å². The van der Waals surface area contributed by atoms with E-state index in [1.165, 1.54) is 6.08 Å². The Morgan fingerprint density at radius 1 is 1.20 bits per heavy atom. The molecule has 2 nitrogen and oxygen atoms in total. The van der Waals surface area contributed by atoms with Gasteiger partial charge in [-0.2, -0.15) is 0 Å². The highest BCUT2D eigenvalue weighted by Gasteiger charge is 1.92. The Kier molecular flexibility index (Phi) is 2.49. The molecular formula is C8H8O2. The first-order valence-electron chi connectivity index (χ1n) is 3.06. The molecule has 10 heavy (non-hydrogen) atoms. The molecule has 0 N–H and O–H groups in total. The van der Waals surface area contributed by atoms with E-state index in [4.69, 9.17) is 4.74 Å². The Morgan fingerprint density at radius 3 is 2.90 bits per heavy atom. The van der Waals surface area contributed by atoms with Crippen molar-refractivity contribution in [1.82, 2.24) is 0 Å². The van der Waals surface area contributed by atoms with Crippen molar-refractivity contribution in [3.63, 3.8) is 0 Å². The summed E-state index contributed by atoms with van der Waals surface area (Å²) in [7, 11) is 0. The fraction of sp³-hybridized carbons (Fsp3) is 0.125. The van der Waals surface area contributed by atoms with Crippen molar-refractivity contribution in [2.24, 2.45) is 0 Å². The zero-order valence-electron chi connectivity index (χ0n) is 5.49. The van der Waals surface area contributed by atoms with E-state index in [1.807, 2.05) is 12.2 Å². The van der Waals surface area contributed by atoms with Gasteiger partial charge in [-0.05, 0) is 6.08 Å². The molecule has 0 unspecified atom stereocenters. The quantitative estimate of drug-likeness (QED) is 0.468. The van der Waals surface area contributed by atoms with E-state index < -0.39 is 0 Å². The van der Waals surface area contributed by atoms with Crippen LogP contribution in [0.15, 0.2) is 36.5 Å². The summed E-state index contributed by atoms with van der Waals surface area (Å²) in [6.07, 6.45) is 10.3. The highest BCUT2D eigenvalue weighted by molar-refractivity contribution is 5.82. The number of hydrogen-bond acceptors (Lipinski definition) is 2. The molecule has 0 aromatic heterocycles. The predicted molar refractivity (Wildman–Crippen MR) is 38.4 cm³/mol. The van der Waals surface area contributed by atoms with Crippen LogP contribution in [0.3, 0.4) is 0 Å². The van der Waals surface area contributed by atoms with Crippen molar-refractivity contribution in [1.29, 1.82) is 0 Å². The third-order valence-corrected chi connectivity index (χ3v) is 1.02. The minimum absolute atomic E-state index is 0.295. The van der Waals surface area contributed by atoms with Gasteiger partial charge in [0.05, 0.1) is 0 Å². The lowest BCUT2D eigenvalue weighted by molar-refractivity contribution is -0.136. The minimum atomic E-state index is -0.295. The fourth-order valence-electron chi connectivity index (χ4n) is 0.575. The number of ether oxygens (including phenoxy) is 1.